The molecule has 0 aromatic heterocycles. The fraction of sp³-hybridized carbons (Fsp3) is 0.231. The molecule has 94 valence electrons. The smallest absolute Gasteiger partial charge is 0.329 e. The zero-order valence-electron chi connectivity index (χ0n) is 9.77. The molecule has 5 heteroatoms. The van der Waals surface area contributed by atoms with Crippen LogP contribution in [0.5, 0.6) is 0 Å². The van der Waals surface area contributed by atoms with Gasteiger partial charge in [-0.3, -0.25) is 4.79 Å². The number of hydrogen-bond donors (Lipinski definition) is 1. The fourth-order valence-electron chi connectivity index (χ4n) is 1.33. The first-order chi connectivity index (χ1) is 8.60. The van der Waals surface area contributed by atoms with E-state index in [1.165, 1.54) is 7.11 Å². The lowest BCUT2D eigenvalue weighted by molar-refractivity contribution is -0.142. The van der Waals surface area contributed by atoms with Crippen LogP contribution >= 0.6 is 11.6 Å². The maximum absolute atomic E-state index is 11.9. The lowest BCUT2D eigenvalue weighted by Gasteiger charge is -2.14. The molecule has 1 N–H and O–H groups in total. The second kappa shape index (κ2) is 6.67. The normalized spacial score (nSPS) is 11.2. The Labute approximate surface area is 110 Å². The molecule has 4 nitrogen and oxygen atoms in total. The van der Waals surface area contributed by atoms with Crippen LogP contribution in [0.25, 0.3) is 0 Å². The van der Waals surface area contributed by atoms with Crippen molar-refractivity contribution in [3.8, 4) is 12.3 Å². The zero-order valence-corrected chi connectivity index (χ0v) is 10.5. The Morgan fingerprint density at radius 3 is 2.72 bits per heavy atom. The minimum absolute atomic E-state index is 0.0584. The summed E-state index contributed by atoms with van der Waals surface area (Å²) in [4.78, 5) is 23.3. The lowest BCUT2D eigenvalue weighted by Crippen LogP contribution is -2.41. The molecule has 1 rings (SSSR count). The molecular formula is C13H12ClNO3. The molecule has 1 aromatic carbocycles. The predicted molar refractivity (Wildman–Crippen MR) is 68.2 cm³/mol. The van der Waals surface area contributed by atoms with Gasteiger partial charge in [0.25, 0.3) is 5.91 Å². The highest BCUT2D eigenvalue weighted by Crippen LogP contribution is 2.14. The highest BCUT2D eigenvalue weighted by molar-refractivity contribution is 6.33. The Kier molecular flexibility index (Phi) is 5.22. The highest BCUT2D eigenvalue weighted by Gasteiger charge is 2.21. The second-order valence-electron chi connectivity index (χ2n) is 3.44. The van der Waals surface area contributed by atoms with Gasteiger partial charge in [-0.2, -0.15) is 0 Å². The number of methoxy groups -OCH3 is 1. The SMILES string of the molecule is C#CC[C@H](NC(=O)c1ccccc1Cl)C(=O)OC. The van der Waals surface area contributed by atoms with Crippen LogP contribution in [-0.2, 0) is 9.53 Å². The van der Waals surface area contributed by atoms with E-state index in [4.69, 9.17) is 18.0 Å². The molecule has 1 aromatic rings. The van der Waals surface area contributed by atoms with Crippen LogP contribution in [-0.4, -0.2) is 25.0 Å². The number of esters is 1. The first-order valence-corrected chi connectivity index (χ1v) is 5.54. The summed E-state index contributed by atoms with van der Waals surface area (Å²) < 4.78 is 4.55. The molecule has 0 heterocycles. The van der Waals surface area contributed by atoms with Crippen LogP contribution in [0.15, 0.2) is 24.3 Å². The molecule has 0 saturated carbocycles. The average molecular weight is 266 g/mol. The standard InChI is InChI=1S/C13H12ClNO3/c1-3-6-11(13(17)18-2)15-12(16)9-7-4-5-8-10(9)14/h1,4-5,7-8,11H,6H2,2H3,(H,15,16)/t11-/m0/s1. The topological polar surface area (TPSA) is 55.4 Å². The Morgan fingerprint density at radius 2 is 2.17 bits per heavy atom. The minimum Gasteiger partial charge on any atom is -0.467 e. The highest BCUT2D eigenvalue weighted by atomic mass is 35.5. The van der Waals surface area contributed by atoms with E-state index >= 15 is 0 Å². The number of rotatable bonds is 4. The third kappa shape index (κ3) is 3.51. The molecule has 0 aliphatic heterocycles. The van der Waals surface area contributed by atoms with Crippen LogP contribution in [0.1, 0.15) is 16.8 Å². The first kappa shape index (κ1) is 14.1. The largest absolute Gasteiger partial charge is 0.467 e. The molecule has 18 heavy (non-hydrogen) atoms. The molecule has 0 saturated heterocycles. The molecule has 0 aliphatic rings. The number of halogens is 1. The third-order valence-electron chi connectivity index (χ3n) is 2.23. The average Bonchev–Trinajstić information content (AvgIpc) is 2.37. The van der Waals surface area contributed by atoms with Gasteiger partial charge < -0.3 is 10.1 Å². The molecule has 1 amide bonds. The van der Waals surface area contributed by atoms with E-state index < -0.39 is 17.9 Å². The van der Waals surface area contributed by atoms with Crippen LogP contribution in [0.4, 0.5) is 0 Å². The van der Waals surface area contributed by atoms with Gasteiger partial charge in [0, 0.05) is 6.42 Å². The van der Waals surface area contributed by atoms with Crippen molar-refractivity contribution in [2.75, 3.05) is 7.11 Å². The maximum Gasteiger partial charge on any atom is 0.329 e. The van der Waals surface area contributed by atoms with Crippen LogP contribution in [0.2, 0.25) is 5.02 Å². The predicted octanol–water partition coefficient (Wildman–Crippen LogP) is 1.63. The molecule has 0 radical (unpaired) electrons. The van der Waals surface area contributed by atoms with Crippen molar-refractivity contribution < 1.29 is 14.3 Å². The molecule has 0 bridgehead atoms. The monoisotopic (exact) mass is 265 g/mol. The molecule has 0 spiro atoms. The summed E-state index contributed by atoms with van der Waals surface area (Å²) in [7, 11) is 1.23. The van der Waals surface area contributed by atoms with Crippen LogP contribution < -0.4 is 5.32 Å². The van der Waals surface area contributed by atoms with Gasteiger partial charge in [0.05, 0.1) is 17.7 Å². The zero-order chi connectivity index (χ0) is 13.5. The second-order valence-corrected chi connectivity index (χ2v) is 3.84. The van der Waals surface area contributed by atoms with Crippen molar-refractivity contribution in [2.45, 2.75) is 12.5 Å². The Bertz CT molecular complexity index is 493. The summed E-state index contributed by atoms with van der Waals surface area (Å²) in [5.41, 5.74) is 0.282. The number of carbonyl (C=O) groups is 2. The first-order valence-electron chi connectivity index (χ1n) is 5.16. The molecule has 0 unspecified atom stereocenters. The lowest BCUT2D eigenvalue weighted by atomic mass is 10.1. The number of hydrogen-bond acceptors (Lipinski definition) is 3. The summed E-state index contributed by atoms with van der Waals surface area (Å²) in [6, 6.07) is 5.66. The Hall–Kier alpha value is -1.99. The van der Waals surface area contributed by atoms with Crippen LogP contribution in [0.3, 0.4) is 0 Å². The van der Waals surface area contributed by atoms with Crippen molar-refractivity contribution in [3.05, 3.63) is 34.9 Å². The summed E-state index contributed by atoms with van der Waals surface area (Å²) in [6.45, 7) is 0. The van der Waals surface area contributed by atoms with Gasteiger partial charge in [0.2, 0.25) is 0 Å². The van der Waals surface area contributed by atoms with Crippen molar-refractivity contribution in [2.24, 2.45) is 0 Å². The summed E-state index contributed by atoms with van der Waals surface area (Å²) in [6.07, 6.45) is 5.19. The Morgan fingerprint density at radius 1 is 1.50 bits per heavy atom. The van der Waals surface area contributed by atoms with E-state index in [0.717, 1.165) is 0 Å². The third-order valence-corrected chi connectivity index (χ3v) is 2.56. The maximum atomic E-state index is 11.9. The van der Waals surface area contributed by atoms with Crippen LogP contribution in [0, 0.1) is 12.3 Å². The number of terminal acetylenes is 1. The van der Waals surface area contributed by atoms with Gasteiger partial charge >= 0.3 is 5.97 Å². The number of nitrogens with one attached hydrogen (secondary N) is 1. The number of carbonyl (C=O) groups excluding carboxylic acids is 2. The summed E-state index contributed by atoms with van der Waals surface area (Å²) in [5.74, 6) is 1.25. The van der Waals surface area contributed by atoms with E-state index in [1.54, 1.807) is 24.3 Å². The molecule has 0 fully saturated rings. The van der Waals surface area contributed by atoms with Crippen molar-refractivity contribution >= 4 is 23.5 Å². The van der Waals surface area contributed by atoms with Gasteiger partial charge in [0.15, 0.2) is 0 Å². The quantitative estimate of drug-likeness (QED) is 0.665. The van der Waals surface area contributed by atoms with E-state index in [9.17, 15) is 9.59 Å². The van der Waals surface area contributed by atoms with E-state index in [-0.39, 0.29) is 12.0 Å². The Balaban J connectivity index is 2.83. The van der Waals surface area contributed by atoms with E-state index in [0.29, 0.717) is 5.02 Å². The van der Waals surface area contributed by atoms with Gasteiger partial charge in [-0.15, -0.1) is 12.3 Å². The van der Waals surface area contributed by atoms with Gasteiger partial charge in [-0.05, 0) is 12.1 Å². The van der Waals surface area contributed by atoms with Gasteiger partial charge in [-0.25, -0.2) is 4.79 Å². The molecular weight excluding hydrogens is 254 g/mol. The number of amides is 1. The van der Waals surface area contributed by atoms with E-state index in [2.05, 4.69) is 16.0 Å². The number of ether oxygens (including phenoxy) is 1. The van der Waals surface area contributed by atoms with Crippen molar-refractivity contribution in [1.82, 2.24) is 5.32 Å². The summed E-state index contributed by atoms with van der Waals surface area (Å²) >= 11 is 5.88. The fourth-order valence-corrected chi connectivity index (χ4v) is 1.56. The summed E-state index contributed by atoms with van der Waals surface area (Å²) in [5, 5.41) is 2.79. The minimum atomic E-state index is -0.872. The number of benzene rings is 1. The van der Waals surface area contributed by atoms with E-state index in [1.807, 2.05) is 0 Å². The molecule has 1 atom stereocenters. The molecule has 0 aliphatic carbocycles. The van der Waals surface area contributed by atoms with Crippen molar-refractivity contribution in [1.29, 1.82) is 0 Å². The van der Waals surface area contributed by atoms with Gasteiger partial charge in [-0.1, -0.05) is 23.7 Å². The van der Waals surface area contributed by atoms with Crippen molar-refractivity contribution in [3.63, 3.8) is 0 Å². The van der Waals surface area contributed by atoms with Gasteiger partial charge in [0.1, 0.15) is 6.04 Å².